The van der Waals surface area contributed by atoms with Crippen molar-refractivity contribution in [1.82, 2.24) is 14.9 Å². The number of carbonyl (C=O) groups is 1. The maximum Gasteiger partial charge on any atom is 0.225 e. The normalized spacial score (nSPS) is 11.6. The van der Waals surface area contributed by atoms with Crippen molar-refractivity contribution in [3.63, 3.8) is 0 Å². The van der Waals surface area contributed by atoms with Gasteiger partial charge in [-0.3, -0.25) is 14.8 Å². The third kappa shape index (κ3) is 8.01. The van der Waals surface area contributed by atoms with Crippen LogP contribution in [0.25, 0.3) is 10.9 Å². The molecule has 1 unspecified atom stereocenters. The highest BCUT2D eigenvalue weighted by atomic mass is 35.5. The number of nitriles is 1. The van der Waals surface area contributed by atoms with E-state index in [9.17, 15) is 10.1 Å². The Labute approximate surface area is 249 Å². The summed E-state index contributed by atoms with van der Waals surface area (Å²) in [4.78, 5) is 23.6. The first-order chi connectivity index (χ1) is 19.8. The molecule has 212 valence electrons. The first-order valence-electron chi connectivity index (χ1n) is 13.0. The fourth-order valence-corrected chi connectivity index (χ4v) is 4.92. The van der Waals surface area contributed by atoms with Crippen LogP contribution in [-0.4, -0.2) is 53.3 Å². The molecule has 4 rings (SSSR count). The van der Waals surface area contributed by atoms with Gasteiger partial charge in [0.15, 0.2) is 0 Å². The van der Waals surface area contributed by atoms with Crippen LogP contribution in [0.2, 0.25) is 5.02 Å². The number of benzene rings is 2. The average Bonchev–Trinajstić information content (AvgIpc) is 2.93. The summed E-state index contributed by atoms with van der Waals surface area (Å²) in [7, 11) is 3.86. The van der Waals surface area contributed by atoms with Crippen LogP contribution in [0.3, 0.4) is 0 Å². The second kappa shape index (κ2) is 14.0. The molecule has 0 saturated carbocycles. The van der Waals surface area contributed by atoms with Gasteiger partial charge in [0, 0.05) is 47.7 Å². The lowest BCUT2D eigenvalue weighted by molar-refractivity contribution is -0.116. The summed E-state index contributed by atoms with van der Waals surface area (Å²) in [5.74, 6) is 0.794. The van der Waals surface area contributed by atoms with Crippen LogP contribution in [0, 0.1) is 11.3 Å². The van der Waals surface area contributed by atoms with Crippen LogP contribution >= 0.6 is 24.2 Å². The molecule has 2 heterocycles. The van der Waals surface area contributed by atoms with Crippen LogP contribution in [0.1, 0.15) is 24.6 Å². The van der Waals surface area contributed by atoms with Crippen molar-refractivity contribution in [2.45, 2.75) is 25.2 Å². The average molecular weight is 591 g/mol. The topological polar surface area (TPSA) is 112 Å². The Kier molecular flexibility index (Phi) is 10.2. The van der Waals surface area contributed by atoms with Gasteiger partial charge in [0.2, 0.25) is 5.91 Å². The van der Waals surface area contributed by atoms with Gasteiger partial charge in [0.1, 0.15) is 24.2 Å². The Morgan fingerprint density at radius 2 is 1.98 bits per heavy atom. The van der Waals surface area contributed by atoms with Gasteiger partial charge in [-0.05, 0) is 57.4 Å². The van der Waals surface area contributed by atoms with Gasteiger partial charge in [-0.2, -0.15) is 17.9 Å². The minimum absolute atomic E-state index is 0.134. The molecule has 0 aliphatic heterocycles. The third-order valence-corrected chi connectivity index (χ3v) is 6.60. The molecule has 2 aromatic carbocycles. The molecule has 2 N–H and O–H groups in total. The molecule has 0 fully saturated rings. The van der Waals surface area contributed by atoms with E-state index in [1.54, 1.807) is 30.5 Å². The minimum atomic E-state index is -0.195. The number of carbonyl (C=O) groups excluding carboxylic acids is 1. The number of nitrogens with zero attached hydrogens (tertiary/aromatic N) is 4. The molecule has 0 bridgehead atoms. The fourth-order valence-electron chi connectivity index (χ4n) is 4.19. The standard InChI is InChI=1S/C30H31ClN6O3S/c1-4-39-28-14-25-23(13-26(28)36-29(38)12-22(41)17-37(2)3)30(19(15-32)16-34-25)35-20-8-9-27(24(31)11-20)40-18-21-7-5-6-10-33-21/h5-11,13-14,16,22,41H,4,12,17-18H2,1-3H3,(H,34,35)(H,36,38). The Bertz CT molecular complexity index is 1560. The summed E-state index contributed by atoms with van der Waals surface area (Å²) in [5, 5.41) is 17.0. The second-order valence-corrected chi connectivity index (χ2v) is 10.6. The first kappa shape index (κ1) is 29.9. The van der Waals surface area contributed by atoms with E-state index in [-0.39, 0.29) is 24.2 Å². The highest BCUT2D eigenvalue weighted by Crippen LogP contribution is 2.37. The Hall–Kier alpha value is -4.04. The predicted octanol–water partition coefficient (Wildman–Crippen LogP) is 6.06. The van der Waals surface area contributed by atoms with Crippen molar-refractivity contribution >= 4 is 58.1 Å². The zero-order valence-corrected chi connectivity index (χ0v) is 24.7. The molecule has 41 heavy (non-hydrogen) atoms. The number of rotatable bonds is 12. The van der Waals surface area contributed by atoms with E-state index >= 15 is 0 Å². The lowest BCUT2D eigenvalue weighted by atomic mass is 10.1. The molecule has 0 spiro atoms. The quantitative estimate of drug-likeness (QED) is 0.171. The summed E-state index contributed by atoms with van der Waals surface area (Å²) in [6.07, 6.45) is 3.42. The summed E-state index contributed by atoms with van der Waals surface area (Å²) in [6.45, 7) is 3.20. The molecule has 2 aromatic heterocycles. The van der Waals surface area contributed by atoms with Crippen LogP contribution in [0.5, 0.6) is 11.5 Å². The van der Waals surface area contributed by atoms with Gasteiger partial charge in [-0.15, -0.1) is 0 Å². The van der Waals surface area contributed by atoms with E-state index in [2.05, 4.69) is 39.3 Å². The van der Waals surface area contributed by atoms with Gasteiger partial charge >= 0.3 is 0 Å². The Balaban J connectivity index is 1.63. The summed E-state index contributed by atoms with van der Waals surface area (Å²) >= 11 is 11.1. The highest BCUT2D eigenvalue weighted by Gasteiger charge is 2.18. The number of aromatic nitrogens is 2. The van der Waals surface area contributed by atoms with E-state index in [1.807, 2.05) is 50.2 Å². The van der Waals surface area contributed by atoms with Crippen LogP contribution in [0.4, 0.5) is 17.1 Å². The first-order valence-corrected chi connectivity index (χ1v) is 13.9. The largest absolute Gasteiger partial charge is 0.492 e. The number of halogens is 1. The van der Waals surface area contributed by atoms with Crippen LogP contribution in [-0.2, 0) is 11.4 Å². The molecule has 11 heteroatoms. The molecule has 0 radical (unpaired) electrons. The molecule has 4 aromatic rings. The molecular formula is C30H31ClN6O3S. The zero-order chi connectivity index (χ0) is 29.4. The fraction of sp³-hybridized carbons (Fsp3) is 0.267. The number of hydrogen-bond donors (Lipinski definition) is 3. The van der Waals surface area contributed by atoms with E-state index in [0.717, 1.165) is 5.69 Å². The predicted molar refractivity (Wildman–Crippen MR) is 166 cm³/mol. The van der Waals surface area contributed by atoms with Gasteiger partial charge < -0.3 is 25.0 Å². The monoisotopic (exact) mass is 590 g/mol. The molecule has 9 nitrogen and oxygen atoms in total. The highest BCUT2D eigenvalue weighted by molar-refractivity contribution is 7.81. The number of anilines is 3. The molecule has 0 aliphatic rings. The lowest BCUT2D eigenvalue weighted by Crippen LogP contribution is -2.26. The maximum absolute atomic E-state index is 12.9. The van der Waals surface area contributed by atoms with E-state index in [4.69, 9.17) is 21.1 Å². The van der Waals surface area contributed by atoms with Crippen molar-refractivity contribution in [3.8, 4) is 17.6 Å². The zero-order valence-electron chi connectivity index (χ0n) is 23.0. The van der Waals surface area contributed by atoms with Crippen molar-refractivity contribution in [1.29, 1.82) is 5.26 Å². The SMILES string of the molecule is CCOc1cc2ncc(C#N)c(Nc3ccc(OCc4ccccn4)c(Cl)c3)c2cc1NC(=O)CC(S)CN(C)C. The molecule has 0 aliphatic carbocycles. The van der Waals surface area contributed by atoms with Crippen molar-refractivity contribution < 1.29 is 14.3 Å². The number of thiol groups is 1. The number of nitrogens with one attached hydrogen (secondary N) is 2. The van der Waals surface area contributed by atoms with Gasteiger partial charge in [0.05, 0.1) is 39.8 Å². The van der Waals surface area contributed by atoms with Crippen LogP contribution in [0.15, 0.2) is 60.9 Å². The minimum Gasteiger partial charge on any atom is -0.492 e. The number of pyridine rings is 2. The van der Waals surface area contributed by atoms with Gasteiger partial charge in [-0.25, -0.2) is 0 Å². The van der Waals surface area contributed by atoms with E-state index in [0.29, 0.717) is 63.2 Å². The Morgan fingerprint density at radius 3 is 2.66 bits per heavy atom. The molecule has 1 atom stereocenters. The second-order valence-electron chi connectivity index (χ2n) is 9.51. The van der Waals surface area contributed by atoms with Crippen molar-refractivity contribution in [3.05, 3.63) is 77.2 Å². The lowest BCUT2D eigenvalue weighted by Gasteiger charge is -2.18. The van der Waals surface area contributed by atoms with Crippen molar-refractivity contribution in [2.24, 2.45) is 0 Å². The van der Waals surface area contributed by atoms with Crippen molar-refractivity contribution in [2.75, 3.05) is 37.9 Å². The summed E-state index contributed by atoms with van der Waals surface area (Å²) in [5.41, 5.74) is 3.34. The maximum atomic E-state index is 12.9. The van der Waals surface area contributed by atoms with E-state index < -0.39 is 0 Å². The van der Waals surface area contributed by atoms with Gasteiger partial charge in [-0.1, -0.05) is 17.7 Å². The third-order valence-electron chi connectivity index (χ3n) is 5.96. The Morgan fingerprint density at radius 1 is 1.15 bits per heavy atom. The number of hydrogen-bond acceptors (Lipinski definition) is 9. The smallest absolute Gasteiger partial charge is 0.225 e. The molecule has 0 saturated heterocycles. The number of amides is 1. The van der Waals surface area contributed by atoms with E-state index in [1.165, 1.54) is 6.20 Å². The summed E-state index contributed by atoms with van der Waals surface area (Å²) in [6, 6.07) is 16.6. The van der Waals surface area contributed by atoms with Crippen LogP contribution < -0.4 is 20.1 Å². The number of fused-ring (bicyclic) bond motifs is 1. The summed E-state index contributed by atoms with van der Waals surface area (Å²) < 4.78 is 11.6. The molecular weight excluding hydrogens is 560 g/mol. The van der Waals surface area contributed by atoms with Gasteiger partial charge in [0.25, 0.3) is 0 Å². The molecule has 1 amide bonds. The number of ether oxygens (including phenoxy) is 2.